The summed E-state index contributed by atoms with van der Waals surface area (Å²) in [6.07, 6.45) is 1.80. The Balaban J connectivity index is 1.87. The van der Waals surface area contributed by atoms with Crippen LogP contribution in [0.3, 0.4) is 0 Å². The molecule has 0 radical (unpaired) electrons. The molecule has 0 atom stereocenters. The fraction of sp³-hybridized carbons (Fsp3) is 0.158. The molecule has 1 N–H and O–H groups in total. The van der Waals surface area contributed by atoms with E-state index in [-0.39, 0.29) is 5.91 Å². The van der Waals surface area contributed by atoms with Crippen LogP contribution < -0.4 is 10.2 Å². The van der Waals surface area contributed by atoms with Crippen LogP contribution in [0.25, 0.3) is 6.08 Å². The Kier molecular flexibility index (Phi) is 3.98. The zero-order chi connectivity index (χ0) is 16.4. The molecule has 4 nitrogen and oxygen atoms in total. The summed E-state index contributed by atoms with van der Waals surface area (Å²) in [6, 6.07) is 15.9. The van der Waals surface area contributed by atoms with Gasteiger partial charge in [0, 0.05) is 25.3 Å². The lowest BCUT2D eigenvalue weighted by Crippen LogP contribution is -2.24. The SMILES string of the molecule is Cc1ccc(C2=NC(=Cc3ccc(N(C)C)cc3)C(=O)N2)cc1. The Bertz CT molecular complexity index is 784. The topological polar surface area (TPSA) is 44.7 Å². The Morgan fingerprint density at radius 1 is 1.00 bits per heavy atom. The van der Waals surface area contributed by atoms with Crippen LogP contribution >= 0.6 is 0 Å². The molecule has 1 aliphatic rings. The van der Waals surface area contributed by atoms with E-state index >= 15 is 0 Å². The fourth-order valence-electron chi connectivity index (χ4n) is 2.34. The van der Waals surface area contributed by atoms with Crippen molar-refractivity contribution in [3.05, 3.63) is 70.9 Å². The van der Waals surface area contributed by atoms with Gasteiger partial charge in [0.05, 0.1) is 0 Å². The molecular weight excluding hydrogens is 286 g/mol. The summed E-state index contributed by atoms with van der Waals surface area (Å²) in [6.45, 7) is 2.03. The predicted molar refractivity (Wildman–Crippen MR) is 94.6 cm³/mol. The van der Waals surface area contributed by atoms with Crippen molar-refractivity contribution in [2.45, 2.75) is 6.92 Å². The first kappa shape index (κ1) is 15.0. The minimum atomic E-state index is -0.169. The molecule has 0 bridgehead atoms. The molecule has 0 aliphatic carbocycles. The molecule has 0 saturated carbocycles. The number of hydrogen-bond acceptors (Lipinski definition) is 3. The lowest BCUT2D eigenvalue weighted by atomic mass is 10.1. The number of aryl methyl sites for hydroxylation is 1. The zero-order valence-electron chi connectivity index (χ0n) is 13.5. The number of amidine groups is 1. The largest absolute Gasteiger partial charge is 0.378 e. The highest BCUT2D eigenvalue weighted by Crippen LogP contribution is 2.18. The molecule has 0 unspecified atom stereocenters. The quantitative estimate of drug-likeness (QED) is 0.886. The summed E-state index contributed by atoms with van der Waals surface area (Å²) in [4.78, 5) is 18.6. The summed E-state index contributed by atoms with van der Waals surface area (Å²) in [5, 5.41) is 2.82. The number of benzene rings is 2. The van der Waals surface area contributed by atoms with Crippen molar-refractivity contribution in [2.75, 3.05) is 19.0 Å². The maximum atomic E-state index is 12.1. The Morgan fingerprint density at radius 2 is 1.65 bits per heavy atom. The van der Waals surface area contributed by atoms with Gasteiger partial charge in [0.25, 0.3) is 5.91 Å². The third-order valence-corrected chi connectivity index (χ3v) is 3.73. The average Bonchev–Trinajstić information content (AvgIpc) is 2.89. The summed E-state index contributed by atoms with van der Waals surface area (Å²) in [5.74, 6) is 0.434. The smallest absolute Gasteiger partial charge is 0.275 e. The first-order chi connectivity index (χ1) is 11.0. The second-order valence-electron chi connectivity index (χ2n) is 5.80. The lowest BCUT2D eigenvalue weighted by molar-refractivity contribution is -0.115. The molecule has 23 heavy (non-hydrogen) atoms. The van der Waals surface area contributed by atoms with Gasteiger partial charge in [-0.15, -0.1) is 0 Å². The molecule has 0 aromatic heterocycles. The lowest BCUT2D eigenvalue weighted by Gasteiger charge is -2.11. The molecular formula is C19H19N3O. The minimum Gasteiger partial charge on any atom is -0.378 e. The second kappa shape index (κ2) is 6.08. The number of anilines is 1. The van der Waals surface area contributed by atoms with Crippen LogP contribution in [-0.4, -0.2) is 25.8 Å². The average molecular weight is 305 g/mol. The van der Waals surface area contributed by atoms with E-state index in [1.54, 1.807) is 6.08 Å². The van der Waals surface area contributed by atoms with Gasteiger partial charge in [-0.3, -0.25) is 4.79 Å². The fourth-order valence-corrected chi connectivity index (χ4v) is 2.34. The molecule has 3 rings (SSSR count). The highest BCUT2D eigenvalue weighted by molar-refractivity contribution is 6.19. The van der Waals surface area contributed by atoms with Gasteiger partial charge in [-0.25, -0.2) is 4.99 Å². The molecule has 0 saturated heterocycles. The second-order valence-corrected chi connectivity index (χ2v) is 5.80. The molecule has 0 fully saturated rings. The van der Waals surface area contributed by atoms with Crippen molar-refractivity contribution in [2.24, 2.45) is 4.99 Å². The van der Waals surface area contributed by atoms with Crippen LogP contribution in [0.5, 0.6) is 0 Å². The summed E-state index contributed by atoms with van der Waals surface area (Å²) >= 11 is 0. The van der Waals surface area contributed by atoms with E-state index in [9.17, 15) is 4.79 Å². The molecule has 1 amide bonds. The van der Waals surface area contributed by atoms with Gasteiger partial charge in [0.15, 0.2) is 0 Å². The third-order valence-electron chi connectivity index (χ3n) is 3.73. The monoisotopic (exact) mass is 305 g/mol. The normalized spacial score (nSPS) is 15.5. The Morgan fingerprint density at radius 3 is 2.26 bits per heavy atom. The number of rotatable bonds is 3. The number of carbonyl (C=O) groups excluding carboxylic acids is 1. The molecule has 2 aromatic rings. The molecule has 1 heterocycles. The van der Waals surface area contributed by atoms with Crippen LogP contribution in [0.1, 0.15) is 16.7 Å². The van der Waals surface area contributed by atoms with E-state index in [0.717, 1.165) is 16.8 Å². The minimum absolute atomic E-state index is 0.169. The van der Waals surface area contributed by atoms with Gasteiger partial charge in [0.1, 0.15) is 11.5 Å². The number of aliphatic imine (C=N–C) groups is 1. The van der Waals surface area contributed by atoms with Crippen molar-refractivity contribution in [3.63, 3.8) is 0 Å². The zero-order valence-corrected chi connectivity index (χ0v) is 13.5. The van der Waals surface area contributed by atoms with Gasteiger partial charge < -0.3 is 10.2 Å². The van der Waals surface area contributed by atoms with Crippen molar-refractivity contribution in [1.29, 1.82) is 0 Å². The maximum Gasteiger partial charge on any atom is 0.275 e. The van der Waals surface area contributed by atoms with Crippen molar-refractivity contribution >= 4 is 23.5 Å². The van der Waals surface area contributed by atoms with Crippen LogP contribution in [0.15, 0.2) is 59.2 Å². The van der Waals surface area contributed by atoms with Gasteiger partial charge in [0.2, 0.25) is 0 Å². The first-order valence-corrected chi connectivity index (χ1v) is 7.49. The first-order valence-electron chi connectivity index (χ1n) is 7.49. The molecule has 116 valence electrons. The molecule has 1 aliphatic heterocycles. The number of nitrogens with one attached hydrogen (secondary N) is 1. The van der Waals surface area contributed by atoms with Crippen LogP contribution in [0, 0.1) is 6.92 Å². The highest BCUT2D eigenvalue weighted by Gasteiger charge is 2.20. The van der Waals surface area contributed by atoms with E-state index in [2.05, 4.69) is 10.3 Å². The van der Waals surface area contributed by atoms with Crippen LogP contribution in [0.4, 0.5) is 5.69 Å². The Labute approximate surface area is 136 Å². The number of hydrogen-bond donors (Lipinski definition) is 1. The standard InChI is InChI=1S/C19H19N3O/c1-13-4-8-15(9-5-13)18-20-17(19(23)21-18)12-14-6-10-16(11-7-14)22(2)3/h4-12H,1-3H3,(H,20,21,23). The number of amides is 1. The van der Waals surface area contributed by atoms with Crippen molar-refractivity contribution in [3.8, 4) is 0 Å². The van der Waals surface area contributed by atoms with Gasteiger partial charge in [-0.05, 0) is 30.7 Å². The van der Waals surface area contributed by atoms with Crippen LogP contribution in [0.2, 0.25) is 0 Å². The van der Waals surface area contributed by atoms with E-state index in [1.807, 2.05) is 74.4 Å². The van der Waals surface area contributed by atoms with Crippen molar-refractivity contribution in [1.82, 2.24) is 5.32 Å². The van der Waals surface area contributed by atoms with Crippen molar-refractivity contribution < 1.29 is 4.79 Å². The maximum absolute atomic E-state index is 12.1. The summed E-state index contributed by atoms with van der Waals surface area (Å²) in [5.41, 5.74) is 4.59. The van der Waals surface area contributed by atoms with E-state index in [0.29, 0.717) is 11.5 Å². The van der Waals surface area contributed by atoms with E-state index < -0.39 is 0 Å². The van der Waals surface area contributed by atoms with E-state index in [4.69, 9.17) is 0 Å². The highest BCUT2D eigenvalue weighted by atomic mass is 16.2. The van der Waals surface area contributed by atoms with Gasteiger partial charge >= 0.3 is 0 Å². The predicted octanol–water partition coefficient (Wildman–Crippen LogP) is 2.98. The van der Waals surface area contributed by atoms with Gasteiger partial charge in [-0.2, -0.15) is 0 Å². The summed E-state index contributed by atoms with van der Waals surface area (Å²) < 4.78 is 0. The molecule has 2 aromatic carbocycles. The Hall–Kier alpha value is -2.88. The molecule has 0 spiro atoms. The van der Waals surface area contributed by atoms with E-state index in [1.165, 1.54) is 5.56 Å². The molecule has 4 heteroatoms. The number of nitrogens with zero attached hydrogens (tertiary/aromatic N) is 2. The summed E-state index contributed by atoms with van der Waals surface area (Å²) in [7, 11) is 3.99. The number of carbonyl (C=O) groups is 1. The van der Waals surface area contributed by atoms with Gasteiger partial charge in [-0.1, -0.05) is 42.0 Å². The third kappa shape index (κ3) is 3.31. The van der Waals surface area contributed by atoms with Crippen LogP contribution in [-0.2, 0) is 4.79 Å².